The standard InChI is InChI=1S/C12H23N3O2/c1-10(8-13)7-11(16)14-9-12(17)15-5-3-2-4-6-15/h10H,2-9,13H2,1H3,(H,14,16). The van der Waals surface area contributed by atoms with Crippen LogP contribution >= 0.6 is 0 Å². The molecule has 0 spiro atoms. The molecule has 17 heavy (non-hydrogen) atoms. The molecule has 0 aliphatic carbocycles. The summed E-state index contributed by atoms with van der Waals surface area (Å²) < 4.78 is 0. The van der Waals surface area contributed by atoms with Crippen LogP contribution in [0.25, 0.3) is 0 Å². The number of carbonyl (C=O) groups is 2. The Kier molecular flexibility index (Phi) is 5.97. The van der Waals surface area contributed by atoms with Crippen LogP contribution in [-0.4, -0.2) is 42.9 Å². The first-order chi connectivity index (χ1) is 8.13. The van der Waals surface area contributed by atoms with E-state index in [2.05, 4.69) is 5.32 Å². The molecule has 1 unspecified atom stereocenters. The maximum Gasteiger partial charge on any atom is 0.241 e. The number of nitrogens with two attached hydrogens (primary N) is 1. The average molecular weight is 241 g/mol. The van der Waals surface area contributed by atoms with Crippen molar-refractivity contribution in [2.75, 3.05) is 26.2 Å². The van der Waals surface area contributed by atoms with Gasteiger partial charge in [0.2, 0.25) is 11.8 Å². The summed E-state index contributed by atoms with van der Waals surface area (Å²) in [7, 11) is 0. The van der Waals surface area contributed by atoms with Crippen molar-refractivity contribution in [3.05, 3.63) is 0 Å². The number of carbonyl (C=O) groups excluding carboxylic acids is 2. The van der Waals surface area contributed by atoms with Gasteiger partial charge in [-0.25, -0.2) is 0 Å². The molecule has 5 heteroatoms. The highest BCUT2D eigenvalue weighted by Gasteiger charge is 2.17. The maximum atomic E-state index is 11.7. The molecular weight excluding hydrogens is 218 g/mol. The molecule has 1 rings (SSSR count). The fourth-order valence-corrected chi connectivity index (χ4v) is 1.90. The van der Waals surface area contributed by atoms with E-state index in [-0.39, 0.29) is 24.3 Å². The van der Waals surface area contributed by atoms with Gasteiger partial charge in [0.25, 0.3) is 0 Å². The molecule has 1 aliphatic rings. The predicted octanol–water partition coefficient (Wildman–Crippen LogP) is 0.100. The first-order valence-corrected chi connectivity index (χ1v) is 6.38. The van der Waals surface area contributed by atoms with Gasteiger partial charge in [-0.2, -0.15) is 0 Å². The van der Waals surface area contributed by atoms with Crippen LogP contribution in [0.4, 0.5) is 0 Å². The summed E-state index contributed by atoms with van der Waals surface area (Å²) in [5.41, 5.74) is 5.44. The Bertz CT molecular complexity index is 262. The summed E-state index contributed by atoms with van der Waals surface area (Å²) in [4.78, 5) is 25.0. The number of rotatable bonds is 5. The summed E-state index contributed by atoms with van der Waals surface area (Å²) in [6.07, 6.45) is 3.74. The number of hydrogen-bond donors (Lipinski definition) is 2. The van der Waals surface area contributed by atoms with Crippen LogP contribution in [0.1, 0.15) is 32.6 Å². The summed E-state index contributed by atoms with van der Waals surface area (Å²) >= 11 is 0. The molecule has 1 fully saturated rings. The second-order valence-electron chi connectivity index (χ2n) is 4.76. The first-order valence-electron chi connectivity index (χ1n) is 6.38. The lowest BCUT2D eigenvalue weighted by molar-refractivity contribution is -0.133. The van der Waals surface area contributed by atoms with Crippen molar-refractivity contribution < 1.29 is 9.59 Å². The summed E-state index contributed by atoms with van der Waals surface area (Å²) in [6.45, 7) is 4.19. The van der Waals surface area contributed by atoms with Gasteiger partial charge in [-0.15, -0.1) is 0 Å². The van der Waals surface area contributed by atoms with Gasteiger partial charge in [-0.05, 0) is 31.7 Å². The molecule has 98 valence electrons. The molecule has 2 amide bonds. The van der Waals surface area contributed by atoms with Gasteiger partial charge < -0.3 is 16.0 Å². The van der Waals surface area contributed by atoms with Crippen molar-refractivity contribution in [2.45, 2.75) is 32.6 Å². The van der Waals surface area contributed by atoms with Gasteiger partial charge in [0.15, 0.2) is 0 Å². The van der Waals surface area contributed by atoms with Crippen LogP contribution in [0.2, 0.25) is 0 Å². The molecule has 0 bridgehead atoms. The molecule has 1 heterocycles. The van der Waals surface area contributed by atoms with Crippen LogP contribution in [0.15, 0.2) is 0 Å². The van der Waals surface area contributed by atoms with Gasteiger partial charge in [0.05, 0.1) is 6.54 Å². The fourth-order valence-electron chi connectivity index (χ4n) is 1.90. The number of nitrogens with zero attached hydrogens (tertiary/aromatic N) is 1. The van der Waals surface area contributed by atoms with Gasteiger partial charge >= 0.3 is 0 Å². The van der Waals surface area contributed by atoms with Crippen molar-refractivity contribution in [1.82, 2.24) is 10.2 Å². The molecule has 1 atom stereocenters. The summed E-state index contributed by atoms with van der Waals surface area (Å²) in [6, 6.07) is 0. The Morgan fingerprint density at radius 2 is 1.94 bits per heavy atom. The molecule has 1 saturated heterocycles. The molecule has 0 aromatic rings. The van der Waals surface area contributed by atoms with E-state index in [4.69, 9.17) is 5.73 Å². The molecule has 5 nitrogen and oxygen atoms in total. The maximum absolute atomic E-state index is 11.7. The SMILES string of the molecule is CC(CN)CC(=O)NCC(=O)N1CCCCC1. The third-order valence-electron chi connectivity index (χ3n) is 3.08. The van der Waals surface area contributed by atoms with E-state index in [1.165, 1.54) is 6.42 Å². The van der Waals surface area contributed by atoms with Gasteiger partial charge in [0.1, 0.15) is 0 Å². The third kappa shape index (κ3) is 5.17. The van der Waals surface area contributed by atoms with E-state index in [0.717, 1.165) is 25.9 Å². The lowest BCUT2D eigenvalue weighted by Gasteiger charge is -2.26. The number of hydrogen-bond acceptors (Lipinski definition) is 3. The van der Waals surface area contributed by atoms with E-state index in [1.807, 2.05) is 11.8 Å². The summed E-state index contributed by atoms with van der Waals surface area (Å²) in [5, 5.41) is 2.66. The third-order valence-corrected chi connectivity index (χ3v) is 3.08. The monoisotopic (exact) mass is 241 g/mol. The minimum Gasteiger partial charge on any atom is -0.347 e. The first kappa shape index (κ1) is 14.0. The number of likely N-dealkylation sites (tertiary alicyclic amines) is 1. The van der Waals surface area contributed by atoms with Crippen LogP contribution < -0.4 is 11.1 Å². The Morgan fingerprint density at radius 1 is 1.29 bits per heavy atom. The molecule has 1 aliphatic heterocycles. The molecule has 0 saturated carbocycles. The molecule has 3 N–H and O–H groups in total. The van der Waals surface area contributed by atoms with Crippen LogP contribution in [0, 0.1) is 5.92 Å². The Balaban J connectivity index is 2.20. The lowest BCUT2D eigenvalue weighted by atomic mass is 10.1. The van der Waals surface area contributed by atoms with Crippen LogP contribution in [-0.2, 0) is 9.59 Å². The normalized spacial score (nSPS) is 17.6. The number of piperidine rings is 1. The highest BCUT2D eigenvalue weighted by atomic mass is 16.2. The Labute approximate surface area is 103 Å². The molecule has 0 aromatic carbocycles. The Morgan fingerprint density at radius 3 is 2.53 bits per heavy atom. The van der Waals surface area contributed by atoms with Crippen LogP contribution in [0.5, 0.6) is 0 Å². The van der Waals surface area contributed by atoms with Crippen LogP contribution in [0.3, 0.4) is 0 Å². The second kappa shape index (κ2) is 7.27. The van der Waals surface area contributed by atoms with Gasteiger partial charge in [0, 0.05) is 19.5 Å². The van der Waals surface area contributed by atoms with Crippen molar-refractivity contribution in [1.29, 1.82) is 0 Å². The molecular formula is C12H23N3O2. The lowest BCUT2D eigenvalue weighted by Crippen LogP contribution is -2.42. The number of nitrogens with one attached hydrogen (secondary N) is 1. The van der Waals surface area contributed by atoms with Crippen molar-refractivity contribution in [3.8, 4) is 0 Å². The smallest absolute Gasteiger partial charge is 0.241 e. The zero-order chi connectivity index (χ0) is 12.7. The average Bonchev–Trinajstić information content (AvgIpc) is 2.36. The van der Waals surface area contributed by atoms with Crippen molar-refractivity contribution in [2.24, 2.45) is 11.7 Å². The molecule has 0 radical (unpaired) electrons. The van der Waals surface area contributed by atoms with Crippen molar-refractivity contribution >= 4 is 11.8 Å². The summed E-state index contributed by atoms with van der Waals surface area (Å²) in [5.74, 6) is 0.104. The topological polar surface area (TPSA) is 75.4 Å². The largest absolute Gasteiger partial charge is 0.347 e. The van der Waals surface area contributed by atoms with Crippen molar-refractivity contribution in [3.63, 3.8) is 0 Å². The minimum absolute atomic E-state index is 0.0263. The minimum atomic E-state index is -0.0895. The van der Waals surface area contributed by atoms with E-state index < -0.39 is 0 Å². The van der Waals surface area contributed by atoms with E-state index in [1.54, 1.807) is 0 Å². The number of amides is 2. The van der Waals surface area contributed by atoms with E-state index in [9.17, 15) is 9.59 Å². The quantitative estimate of drug-likeness (QED) is 0.717. The Hall–Kier alpha value is -1.10. The van der Waals surface area contributed by atoms with Gasteiger partial charge in [-0.1, -0.05) is 6.92 Å². The predicted molar refractivity (Wildman–Crippen MR) is 66.3 cm³/mol. The second-order valence-corrected chi connectivity index (χ2v) is 4.76. The van der Waals surface area contributed by atoms with E-state index in [0.29, 0.717) is 13.0 Å². The zero-order valence-corrected chi connectivity index (χ0v) is 10.6. The zero-order valence-electron chi connectivity index (χ0n) is 10.6. The van der Waals surface area contributed by atoms with E-state index >= 15 is 0 Å². The molecule has 0 aromatic heterocycles. The fraction of sp³-hybridized carbons (Fsp3) is 0.833. The van der Waals surface area contributed by atoms with Gasteiger partial charge in [-0.3, -0.25) is 9.59 Å². The highest BCUT2D eigenvalue weighted by molar-refractivity contribution is 5.84. The highest BCUT2D eigenvalue weighted by Crippen LogP contribution is 2.08.